The third kappa shape index (κ3) is 3.19. The summed E-state index contributed by atoms with van der Waals surface area (Å²) in [7, 11) is 3.23. The molecule has 3 aromatic rings. The predicted octanol–water partition coefficient (Wildman–Crippen LogP) is 1.85. The predicted molar refractivity (Wildman–Crippen MR) is 99.5 cm³/mol. The van der Waals surface area contributed by atoms with Gasteiger partial charge in [-0.15, -0.1) is 0 Å². The second-order valence-electron chi connectivity index (χ2n) is 5.93. The Morgan fingerprint density at radius 2 is 1.73 bits per heavy atom. The van der Waals surface area contributed by atoms with Crippen molar-refractivity contribution in [1.29, 1.82) is 0 Å². The average molecular weight is 350 g/mol. The van der Waals surface area contributed by atoms with Gasteiger partial charge in [0.15, 0.2) is 5.69 Å². The number of fused-ring (bicyclic) bond motifs is 1. The Kier molecular flexibility index (Phi) is 4.53. The number of carbonyl (C=O) groups excluding carboxylic acids is 2. The van der Waals surface area contributed by atoms with Gasteiger partial charge in [0.25, 0.3) is 11.8 Å². The summed E-state index contributed by atoms with van der Waals surface area (Å²) in [6.07, 6.45) is 0. The molecule has 0 aliphatic rings. The number of amides is 2. The van der Waals surface area contributed by atoms with Crippen LogP contribution in [-0.4, -0.2) is 28.6 Å². The van der Waals surface area contributed by atoms with Gasteiger partial charge in [-0.3, -0.25) is 19.1 Å². The topological polar surface area (TPSA) is 93.1 Å². The van der Waals surface area contributed by atoms with E-state index in [-0.39, 0.29) is 11.6 Å². The highest BCUT2D eigenvalue weighted by atomic mass is 16.2. The Hall–Kier alpha value is -3.48. The molecule has 2 aromatic carbocycles. The van der Waals surface area contributed by atoms with E-state index in [2.05, 4.69) is 15.7 Å². The van der Waals surface area contributed by atoms with E-state index in [1.54, 1.807) is 50.5 Å². The second kappa shape index (κ2) is 6.79. The van der Waals surface area contributed by atoms with E-state index >= 15 is 0 Å². The van der Waals surface area contributed by atoms with Crippen molar-refractivity contribution in [3.05, 3.63) is 69.5 Å². The Morgan fingerprint density at radius 1 is 1.04 bits per heavy atom. The van der Waals surface area contributed by atoms with Crippen LogP contribution < -0.4 is 16.1 Å². The lowest BCUT2D eigenvalue weighted by atomic mass is 10.1. The van der Waals surface area contributed by atoms with Gasteiger partial charge >= 0.3 is 0 Å². The van der Waals surface area contributed by atoms with Crippen molar-refractivity contribution in [1.82, 2.24) is 15.1 Å². The number of hydrogen-bond donors (Lipinski definition) is 2. The molecule has 0 saturated carbocycles. The maximum atomic E-state index is 12.7. The van der Waals surface area contributed by atoms with E-state index in [0.29, 0.717) is 22.2 Å². The number of anilines is 1. The van der Waals surface area contributed by atoms with Gasteiger partial charge in [0.05, 0.1) is 10.9 Å². The Labute approximate surface area is 149 Å². The number of hydrogen-bond acceptors (Lipinski definition) is 4. The van der Waals surface area contributed by atoms with Crippen LogP contribution in [0.3, 0.4) is 0 Å². The van der Waals surface area contributed by atoms with Gasteiger partial charge in [0.2, 0.25) is 5.43 Å². The summed E-state index contributed by atoms with van der Waals surface area (Å²) < 4.78 is 1.51. The van der Waals surface area contributed by atoms with E-state index in [1.165, 1.54) is 4.68 Å². The lowest BCUT2D eigenvalue weighted by Gasteiger charge is -2.09. The summed E-state index contributed by atoms with van der Waals surface area (Å²) in [5.41, 5.74) is 1.93. The molecule has 1 aromatic heterocycles. The molecule has 0 aliphatic heterocycles. The molecule has 132 valence electrons. The molecule has 0 aliphatic carbocycles. The Bertz CT molecular complexity index is 1070. The minimum Gasteiger partial charge on any atom is -0.355 e. The minimum atomic E-state index is -0.596. The largest absolute Gasteiger partial charge is 0.355 e. The zero-order chi connectivity index (χ0) is 18.8. The number of rotatable bonds is 3. The third-order valence-electron chi connectivity index (χ3n) is 4.06. The van der Waals surface area contributed by atoms with Crippen LogP contribution >= 0.6 is 0 Å². The molecule has 0 fully saturated rings. The van der Waals surface area contributed by atoms with Gasteiger partial charge in [-0.2, -0.15) is 5.10 Å². The molecule has 1 heterocycles. The smallest absolute Gasteiger partial charge is 0.280 e. The van der Waals surface area contributed by atoms with Crippen molar-refractivity contribution in [2.24, 2.45) is 7.05 Å². The average Bonchev–Trinajstić information content (AvgIpc) is 2.64. The molecule has 0 radical (unpaired) electrons. The standard InChI is InChI=1S/C19H18N4O3/c1-11-4-9-15-14(10-11)17(24)16(22-23(15)3)19(26)21-13-7-5-12(6-8-13)18(25)20-2/h4-10H,1-3H3,(H,20,25)(H,21,26). The summed E-state index contributed by atoms with van der Waals surface area (Å²) >= 11 is 0. The Balaban J connectivity index is 1.94. The van der Waals surface area contributed by atoms with Crippen LogP contribution in [0, 0.1) is 6.92 Å². The van der Waals surface area contributed by atoms with E-state index in [4.69, 9.17) is 0 Å². The molecule has 3 rings (SSSR count). The van der Waals surface area contributed by atoms with Gasteiger partial charge in [-0.05, 0) is 43.3 Å². The molecule has 0 unspecified atom stereocenters. The molecule has 7 nitrogen and oxygen atoms in total. The fourth-order valence-corrected chi connectivity index (χ4v) is 2.68. The Morgan fingerprint density at radius 3 is 2.38 bits per heavy atom. The summed E-state index contributed by atoms with van der Waals surface area (Å²) in [5.74, 6) is -0.815. The van der Waals surface area contributed by atoms with Crippen LogP contribution in [0.25, 0.3) is 10.9 Å². The molecular formula is C19H18N4O3. The fraction of sp³-hybridized carbons (Fsp3) is 0.158. The van der Waals surface area contributed by atoms with E-state index < -0.39 is 11.3 Å². The molecule has 0 saturated heterocycles. The van der Waals surface area contributed by atoms with Crippen molar-refractivity contribution in [3.63, 3.8) is 0 Å². The highest BCUT2D eigenvalue weighted by molar-refractivity contribution is 6.04. The summed E-state index contributed by atoms with van der Waals surface area (Å²) in [5, 5.41) is 9.73. The van der Waals surface area contributed by atoms with Crippen molar-refractivity contribution in [3.8, 4) is 0 Å². The van der Waals surface area contributed by atoms with Crippen molar-refractivity contribution in [2.75, 3.05) is 12.4 Å². The number of aryl methyl sites for hydroxylation is 2. The van der Waals surface area contributed by atoms with Gasteiger partial charge in [-0.25, -0.2) is 0 Å². The first kappa shape index (κ1) is 17.3. The summed E-state index contributed by atoms with van der Waals surface area (Å²) in [6, 6.07) is 11.8. The molecular weight excluding hydrogens is 332 g/mol. The van der Waals surface area contributed by atoms with Crippen molar-refractivity contribution in [2.45, 2.75) is 6.92 Å². The molecule has 0 atom stereocenters. The first-order chi connectivity index (χ1) is 12.4. The van der Waals surface area contributed by atoms with Gasteiger partial charge in [0.1, 0.15) is 0 Å². The van der Waals surface area contributed by atoms with Crippen molar-refractivity contribution < 1.29 is 9.59 Å². The first-order valence-electron chi connectivity index (χ1n) is 8.02. The zero-order valence-corrected chi connectivity index (χ0v) is 14.7. The SMILES string of the molecule is CNC(=O)c1ccc(NC(=O)c2nn(C)c3ccc(C)cc3c2=O)cc1. The third-order valence-corrected chi connectivity index (χ3v) is 4.06. The molecule has 2 N–H and O–H groups in total. The second-order valence-corrected chi connectivity index (χ2v) is 5.93. The quantitative estimate of drug-likeness (QED) is 0.754. The molecule has 0 spiro atoms. The normalized spacial score (nSPS) is 10.6. The fourth-order valence-electron chi connectivity index (χ4n) is 2.68. The van der Waals surface area contributed by atoms with Crippen LogP contribution in [-0.2, 0) is 7.05 Å². The number of benzene rings is 2. The van der Waals surface area contributed by atoms with Crippen LogP contribution in [0.4, 0.5) is 5.69 Å². The van der Waals surface area contributed by atoms with Crippen LogP contribution in [0.5, 0.6) is 0 Å². The van der Waals surface area contributed by atoms with Crippen molar-refractivity contribution >= 4 is 28.4 Å². The van der Waals surface area contributed by atoms with E-state index in [1.807, 2.05) is 13.0 Å². The number of aromatic nitrogens is 2. The number of nitrogens with zero attached hydrogens (tertiary/aromatic N) is 2. The lowest BCUT2D eigenvalue weighted by molar-refractivity contribution is 0.0962. The highest BCUT2D eigenvalue weighted by Crippen LogP contribution is 2.13. The lowest BCUT2D eigenvalue weighted by Crippen LogP contribution is -2.26. The first-order valence-corrected chi connectivity index (χ1v) is 8.02. The monoisotopic (exact) mass is 350 g/mol. The molecule has 2 amide bonds. The van der Waals surface area contributed by atoms with Gasteiger partial charge in [0, 0.05) is 25.3 Å². The van der Waals surface area contributed by atoms with E-state index in [9.17, 15) is 14.4 Å². The minimum absolute atomic E-state index is 0.180. The van der Waals surface area contributed by atoms with Gasteiger partial charge < -0.3 is 10.6 Å². The molecule has 26 heavy (non-hydrogen) atoms. The highest BCUT2D eigenvalue weighted by Gasteiger charge is 2.17. The maximum absolute atomic E-state index is 12.7. The van der Waals surface area contributed by atoms with Crippen LogP contribution in [0.1, 0.15) is 26.4 Å². The molecule has 7 heteroatoms. The maximum Gasteiger partial charge on any atom is 0.280 e. The summed E-state index contributed by atoms with van der Waals surface area (Å²) in [4.78, 5) is 36.7. The summed E-state index contributed by atoms with van der Waals surface area (Å²) in [6.45, 7) is 1.88. The number of carbonyl (C=O) groups is 2. The zero-order valence-electron chi connectivity index (χ0n) is 14.7. The van der Waals surface area contributed by atoms with Crippen LogP contribution in [0.15, 0.2) is 47.3 Å². The number of nitrogens with one attached hydrogen (secondary N) is 2. The van der Waals surface area contributed by atoms with Crippen LogP contribution in [0.2, 0.25) is 0 Å². The molecule has 0 bridgehead atoms. The van der Waals surface area contributed by atoms with E-state index in [0.717, 1.165) is 5.56 Å². The van der Waals surface area contributed by atoms with Gasteiger partial charge in [-0.1, -0.05) is 11.6 Å².